The summed E-state index contributed by atoms with van der Waals surface area (Å²) >= 11 is 0. The smallest absolute Gasteiger partial charge is 0.251 e. The van der Waals surface area contributed by atoms with Crippen molar-refractivity contribution >= 4 is 16.9 Å². The third-order valence-electron chi connectivity index (χ3n) is 3.82. The summed E-state index contributed by atoms with van der Waals surface area (Å²) in [5.41, 5.74) is 3.58. The molecule has 0 bridgehead atoms. The van der Waals surface area contributed by atoms with Crippen LogP contribution in [-0.4, -0.2) is 20.9 Å². The quantitative estimate of drug-likeness (QED) is 0.621. The highest BCUT2D eigenvalue weighted by Gasteiger charge is 2.11. The molecule has 0 aliphatic heterocycles. The molecule has 3 aromatic heterocycles. The standard InChI is InChI=1S/C19H14N4O2/c24-19(13-5-6-15-16(11-13)21-9-8-20-15)23-12-14-3-1-7-22-18(14)17-4-2-10-25-17/h1-11H,12H2,(H,23,24). The van der Waals surface area contributed by atoms with Gasteiger partial charge in [-0.3, -0.25) is 19.7 Å². The molecule has 6 nitrogen and oxygen atoms in total. The molecule has 122 valence electrons. The lowest BCUT2D eigenvalue weighted by molar-refractivity contribution is 0.0951. The van der Waals surface area contributed by atoms with Gasteiger partial charge in [-0.05, 0) is 36.4 Å². The molecule has 1 N–H and O–H groups in total. The van der Waals surface area contributed by atoms with Crippen LogP contribution in [0.1, 0.15) is 15.9 Å². The lowest BCUT2D eigenvalue weighted by Crippen LogP contribution is -2.23. The Morgan fingerprint density at radius 2 is 1.84 bits per heavy atom. The molecule has 0 radical (unpaired) electrons. The minimum absolute atomic E-state index is 0.179. The Morgan fingerprint density at radius 3 is 2.68 bits per heavy atom. The molecule has 0 atom stereocenters. The topological polar surface area (TPSA) is 80.9 Å². The van der Waals surface area contributed by atoms with Gasteiger partial charge in [-0.25, -0.2) is 0 Å². The summed E-state index contributed by atoms with van der Waals surface area (Å²) in [6.07, 6.45) is 6.53. The van der Waals surface area contributed by atoms with Gasteiger partial charge >= 0.3 is 0 Å². The number of amides is 1. The van der Waals surface area contributed by atoms with Crippen molar-refractivity contribution in [2.75, 3.05) is 0 Å². The first-order chi connectivity index (χ1) is 12.3. The number of hydrogen-bond acceptors (Lipinski definition) is 5. The number of aromatic nitrogens is 3. The minimum Gasteiger partial charge on any atom is -0.463 e. The lowest BCUT2D eigenvalue weighted by atomic mass is 10.1. The van der Waals surface area contributed by atoms with Crippen LogP contribution in [0.3, 0.4) is 0 Å². The Labute approximate surface area is 143 Å². The maximum atomic E-state index is 12.5. The van der Waals surface area contributed by atoms with Crippen molar-refractivity contribution in [3.8, 4) is 11.5 Å². The van der Waals surface area contributed by atoms with Crippen molar-refractivity contribution in [1.29, 1.82) is 0 Å². The highest BCUT2D eigenvalue weighted by atomic mass is 16.3. The minimum atomic E-state index is -0.179. The summed E-state index contributed by atoms with van der Waals surface area (Å²) in [6.45, 7) is 0.348. The molecule has 1 amide bonds. The number of nitrogens with one attached hydrogen (secondary N) is 1. The second-order valence-corrected chi connectivity index (χ2v) is 5.43. The van der Waals surface area contributed by atoms with E-state index in [2.05, 4.69) is 20.3 Å². The first-order valence-electron chi connectivity index (χ1n) is 7.78. The van der Waals surface area contributed by atoms with Gasteiger partial charge in [0.2, 0.25) is 0 Å². The van der Waals surface area contributed by atoms with E-state index in [-0.39, 0.29) is 5.91 Å². The van der Waals surface area contributed by atoms with Gasteiger partial charge in [-0.2, -0.15) is 0 Å². The van der Waals surface area contributed by atoms with Gasteiger partial charge in [0, 0.05) is 36.3 Å². The van der Waals surface area contributed by atoms with E-state index in [0.29, 0.717) is 23.4 Å². The molecule has 0 spiro atoms. The Hall–Kier alpha value is -3.54. The predicted octanol–water partition coefficient (Wildman–Crippen LogP) is 3.21. The molecular weight excluding hydrogens is 316 g/mol. The zero-order chi connectivity index (χ0) is 17.1. The second-order valence-electron chi connectivity index (χ2n) is 5.43. The molecule has 1 aromatic carbocycles. The van der Waals surface area contributed by atoms with Crippen LogP contribution < -0.4 is 5.32 Å². The number of nitrogens with zero attached hydrogens (tertiary/aromatic N) is 3. The predicted molar refractivity (Wildman–Crippen MR) is 92.6 cm³/mol. The van der Waals surface area contributed by atoms with Crippen LogP contribution in [0.15, 0.2) is 71.7 Å². The van der Waals surface area contributed by atoms with E-state index in [0.717, 1.165) is 16.8 Å². The highest BCUT2D eigenvalue weighted by Crippen LogP contribution is 2.21. The lowest BCUT2D eigenvalue weighted by Gasteiger charge is -2.09. The summed E-state index contributed by atoms with van der Waals surface area (Å²) < 4.78 is 5.41. The molecule has 0 aliphatic rings. The molecule has 0 aliphatic carbocycles. The van der Waals surface area contributed by atoms with E-state index in [9.17, 15) is 4.79 Å². The van der Waals surface area contributed by atoms with Crippen molar-refractivity contribution in [3.63, 3.8) is 0 Å². The fourth-order valence-electron chi connectivity index (χ4n) is 2.60. The van der Waals surface area contributed by atoms with E-state index >= 15 is 0 Å². The number of carbonyl (C=O) groups is 1. The molecular formula is C19H14N4O2. The fourth-order valence-corrected chi connectivity index (χ4v) is 2.60. The van der Waals surface area contributed by atoms with Crippen molar-refractivity contribution in [2.24, 2.45) is 0 Å². The van der Waals surface area contributed by atoms with Gasteiger partial charge in [0.15, 0.2) is 5.76 Å². The molecule has 4 rings (SSSR count). The van der Waals surface area contributed by atoms with Gasteiger partial charge in [-0.15, -0.1) is 0 Å². The molecule has 6 heteroatoms. The molecule has 25 heavy (non-hydrogen) atoms. The van der Waals surface area contributed by atoms with Crippen LogP contribution in [0.5, 0.6) is 0 Å². The number of furan rings is 1. The first-order valence-corrected chi connectivity index (χ1v) is 7.78. The zero-order valence-electron chi connectivity index (χ0n) is 13.2. The number of fused-ring (bicyclic) bond motifs is 1. The summed E-state index contributed by atoms with van der Waals surface area (Å²) in [5, 5.41) is 2.91. The average Bonchev–Trinajstić information content (AvgIpc) is 3.20. The number of carbonyl (C=O) groups excluding carboxylic acids is 1. The average molecular weight is 330 g/mol. The van der Waals surface area contributed by atoms with E-state index in [1.807, 2.05) is 24.3 Å². The largest absolute Gasteiger partial charge is 0.463 e. The molecule has 0 unspecified atom stereocenters. The summed E-state index contributed by atoms with van der Waals surface area (Å²) in [7, 11) is 0. The maximum Gasteiger partial charge on any atom is 0.251 e. The molecule has 0 saturated heterocycles. The summed E-state index contributed by atoms with van der Waals surface area (Å²) in [5.74, 6) is 0.493. The van der Waals surface area contributed by atoms with Crippen molar-refractivity contribution in [2.45, 2.75) is 6.54 Å². The van der Waals surface area contributed by atoms with E-state index in [1.165, 1.54) is 0 Å². The van der Waals surface area contributed by atoms with Gasteiger partial charge in [0.05, 0.1) is 17.3 Å². The number of pyridine rings is 1. The van der Waals surface area contributed by atoms with Crippen LogP contribution in [0.4, 0.5) is 0 Å². The number of rotatable bonds is 4. The third kappa shape index (κ3) is 3.10. The zero-order valence-corrected chi connectivity index (χ0v) is 13.2. The van der Waals surface area contributed by atoms with Crippen LogP contribution in [0.2, 0.25) is 0 Å². The SMILES string of the molecule is O=C(NCc1cccnc1-c1ccco1)c1ccc2nccnc2c1. The Kier molecular flexibility index (Phi) is 3.92. The number of benzene rings is 1. The summed E-state index contributed by atoms with van der Waals surface area (Å²) in [6, 6.07) is 12.7. The van der Waals surface area contributed by atoms with Crippen LogP contribution in [0, 0.1) is 0 Å². The third-order valence-corrected chi connectivity index (χ3v) is 3.82. The Balaban J connectivity index is 1.54. The van der Waals surface area contributed by atoms with Crippen LogP contribution in [0.25, 0.3) is 22.5 Å². The number of hydrogen-bond donors (Lipinski definition) is 1. The van der Waals surface area contributed by atoms with E-state index in [1.54, 1.807) is 43.1 Å². The van der Waals surface area contributed by atoms with Gasteiger partial charge in [0.1, 0.15) is 5.69 Å². The maximum absolute atomic E-state index is 12.5. The normalized spacial score (nSPS) is 10.7. The monoisotopic (exact) mass is 330 g/mol. The Bertz CT molecular complexity index is 1030. The van der Waals surface area contributed by atoms with Gasteiger partial charge in [-0.1, -0.05) is 6.07 Å². The van der Waals surface area contributed by atoms with Crippen LogP contribution >= 0.6 is 0 Å². The van der Waals surface area contributed by atoms with Crippen molar-refractivity contribution < 1.29 is 9.21 Å². The molecule has 3 heterocycles. The molecule has 4 aromatic rings. The van der Waals surface area contributed by atoms with Crippen molar-refractivity contribution in [3.05, 3.63) is 78.4 Å². The van der Waals surface area contributed by atoms with E-state index < -0.39 is 0 Å². The highest BCUT2D eigenvalue weighted by molar-refractivity contribution is 5.97. The molecule has 0 fully saturated rings. The Morgan fingerprint density at radius 1 is 0.960 bits per heavy atom. The summed E-state index contributed by atoms with van der Waals surface area (Å²) in [4.78, 5) is 25.2. The first kappa shape index (κ1) is 15.0. The van der Waals surface area contributed by atoms with Gasteiger partial charge in [0.25, 0.3) is 5.91 Å². The fraction of sp³-hybridized carbons (Fsp3) is 0.0526. The van der Waals surface area contributed by atoms with Gasteiger partial charge < -0.3 is 9.73 Å². The van der Waals surface area contributed by atoms with E-state index in [4.69, 9.17) is 4.42 Å². The van der Waals surface area contributed by atoms with Crippen molar-refractivity contribution in [1.82, 2.24) is 20.3 Å². The second kappa shape index (κ2) is 6.52. The molecule has 0 saturated carbocycles. The van der Waals surface area contributed by atoms with Crippen LogP contribution in [-0.2, 0) is 6.54 Å².